The second-order valence-electron chi connectivity index (χ2n) is 13.2. The highest BCUT2D eigenvalue weighted by Gasteiger charge is 2.62. The van der Waals surface area contributed by atoms with Crippen molar-refractivity contribution >= 4 is 0 Å². The SMILES string of the molecule is CCC(CC(O)C(C)C1CCC2C3C(OO)C=C4CC(O)CCC4(C)C3CCC12C)C(C)C. The molecule has 11 unspecified atom stereocenters. The lowest BCUT2D eigenvalue weighted by atomic mass is 9.46. The van der Waals surface area contributed by atoms with Crippen molar-refractivity contribution in [1.82, 2.24) is 0 Å². The summed E-state index contributed by atoms with van der Waals surface area (Å²) >= 11 is 0. The van der Waals surface area contributed by atoms with Gasteiger partial charge in [0.1, 0.15) is 6.10 Å². The number of rotatable bonds is 7. The molecular weight excluding hydrogens is 412 g/mol. The van der Waals surface area contributed by atoms with Crippen molar-refractivity contribution < 1.29 is 20.4 Å². The molecule has 0 aliphatic heterocycles. The number of aliphatic hydroxyl groups is 2. The van der Waals surface area contributed by atoms with Crippen LogP contribution >= 0.6 is 0 Å². The first-order valence-electron chi connectivity index (χ1n) is 13.9. The summed E-state index contributed by atoms with van der Waals surface area (Å²) in [7, 11) is 0. The third-order valence-electron chi connectivity index (χ3n) is 11.5. The average molecular weight is 463 g/mol. The molecule has 4 rings (SSSR count). The maximum absolute atomic E-state index is 11.3. The maximum atomic E-state index is 11.3. The summed E-state index contributed by atoms with van der Waals surface area (Å²) < 4.78 is 0. The van der Waals surface area contributed by atoms with E-state index in [4.69, 9.17) is 4.89 Å². The van der Waals surface area contributed by atoms with Crippen LogP contribution in [0.2, 0.25) is 0 Å². The highest BCUT2D eigenvalue weighted by molar-refractivity contribution is 5.28. The van der Waals surface area contributed by atoms with Crippen LogP contribution in [0, 0.1) is 52.3 Å². The zero-order valence-electron chi connectivity index (χ0n) is 22.0. The lowest BCUT2D eigenvalue weighted by Gasteiger charge is -2.59. The number of aliphatic hydroxyl groups excluding tert-OH is 2. The molecule has 33 heavy (non-hydrogen) atoms. The van der Waals surface area contributed by atoms with E-state index in [1.165, 1.54) is 24.8 Å². The van der Waals surface area contributed by atoms with Crippen molar-refractivity contribution in [2.45, 2.75) is 118 Å². The Morgan fingerprint density at radius 2 is 1.79 bits per heavy atom. The van der Waals surface area contributed by atoms with Gasteiger partial charge in [0, 0.05) is 0 Å². The Labute approximate surface area is 202 Å². The normalized spacial score (nSPS) is 45.6. The largest absolute Gasteiger partial charge is 0.393 e. The number of hydrogen-bond donors (Lipinski definition) is 3. The lowest BCUT2D eigenvalue weighted by Crippen LogP contribution is -2.55. The molecule has 0 aromatic heterocycles. The molecule has 190 valence electrons. The molecule has 0 bridgehead atoms. The van der Waals surface area contributed by atoms with Crippen molar-refractivity contribution in [2.24, 2.45) is 52.3 Å². The molecule has 4 aliphatic carbocycles. The molecule has 0 heterocycles. The second-order valence-corrected chi connectivity index (χ2v) is 13.2. The van der Waals surface area contributed by atoms with Crippen molar-refractivity contribution in [3.05, 3.63) is 11.6 Å². The molecule has 4 heteroatoms. The lowest BCUT2D eigenvalue weighted by molar-refractivity contribution is -0.296. The van der Waals surface area contributed by atoms with Crippen LogP contribution in [0.25, 0.3) is 0 Å². The third kappa shape index (κ3) is 4.26. The van der Waals surface area contributed by atoms with Crippen molar-refractivity contribution in [2.75, 3.05) is 0 Å². The van der Waals surface area contributed by atoms with Gasteiger partial charge in [-0.15, -0.1) is 0 Å². The van der Waals surface area contributed by atoms with E-state index in [-0.39, 0.29) is 29.1 Å². The minimum absolute atomic E-state index is 0.120. The van der Waals surface area contributed by atoms with Gasteiger partial charge in [0.05, 0.1) is 12.2 Å². The van der Waals surface area contributed by atoms with Gasteiger partial charge < -0.3 is 10.2 Å². The molecule has 4 aliphatic rings. The van der Waals surface area contributed by atoms with Crippen LogP contribution in [0.5, 0.6) is 0 Å². The average Bonchev–Trinajstić information content (AvgIpc) is 3.13. The quantitative estimate of drug-likeness (QED) is 0.231. The Morgan fingerprint density at radius 3 is 2.42 bits per heavy atom. The Hall–Kier alpha value is -0.420. The predicted octanol–water partition coefficient (Wildman–Crippen LogP) is 6.46. The minimum atomic E-state index is -0.266. The van der Waals surface area contributed by atoms with Crippen LogP contribution < -0.4 is 0 Å². The van der Waals surface area contributed by atoms with Crippen LogP contribution in [0.4, 0.5) is 0 Å². The van der Waals surface area contributed by atoms with Crippen LogP contribution in [0.1, 0.15) is 99.3 Å². The first-order valence-corrected chi connectivity index (χ1v) is 13.9. The highest BCUT2D eigenvalue weighted by Crippen LogP contribution is 2.67. The molecule has 0 aromatic carbocycles. The van der Waals surface area contributed by atoms with Crippen molar-refractivity contribution in [3.63, 3.8) is 0 Å². The summed E-state index contributed by atoms with van der Waals surface area (Å²) in [6.45, 7) is 14.0. The summed E-state index contributed by atoms with van der Waals surface area (Å²) in [6, 6.07) is 0. The molecular formula is C29H50O4. The van der Waals surface area contributed by atoms with Crippen LogP contribution in [0.15, 0.2) is 11.6 Å². The molecule has 3 N–H and O–H groups in total. The third-order valence-corrected chi connectivity index (χ3v) is 11.5. The van der Waals surface area contributed by atoms with E-state index >= 15 is 0 Å². The van der Waals surface area contributed by atoms with Gasteiger partial charge in [-0.05, 0) is 104 Å². The Kier molecular flexibility index (Phi) is 7.44. The topological polar surface area (TPSA) is 69.9 Å². The molecule has 0 spiro atoms. The monoisotopic (exact) mass is 462 g/mol. The number of hydrogen-bond acceptors (Lipinski definition) is 4. The summed E-state index contributed by atoms with van der Waals surface area (Å²) in [6.07, 6.45) is 10.8. The minimum Gasteiger partial charge on any atom is -0.393 e. The van der Waals surface area contributed by atoms with Gasteiger partial charge in [-0.3, -0.25) is 5.26 Å². The summed E-state index contributed by atoms with van der Waals surface area (Å²) in [5.41, 5.74) is 1.62. The number of fused-ring (bicyclic) bond motifs is 5. The summed E-state index contributed by atoms with van der Waals surface area (Å²) in [5, 5.41) is 31.6. The Bertz CT molecular complexity index is 718. The van der Waals surface area contributed by atoms with Gasteiger partial charge in [-0.25, -0.2) is 4.89 Å². The zero-order valence-corrected chi connectivity index (χ0v) is 22.0. The molecule has 11 atom stereocenters. The summed E-state index contributed by atoms with van der Waals surface area (Å²) in [4.78, 5) is 5.17. The van der Waals surface area contributed by atoms with Crippen molar-refractivity contribution in [1.29, 1.82) is 0 Å². The smallest absolute Gasteiger partial charge is 0.114 e. The first kappa shape index (κ1) is 25.7. The summed E-state index contributed by atoms with van der Waals surface area (Å²) in [5.74, 6) is 3.36. The Balaban J connectivity index is 1.57. The molecule has 0 radical (unpaired) electrons. The molecule has 3 fully saturated rings. The highest BCUT2D eigenvalue weighted by atomic mass is 17.1. The first-order chi connectivity index (χ1) is 15.6. The second kappa shape index (κ2) is 9.56. The fourth-order valence-corrected chi connectivity index (χ4v) is 9.31. The fourth-order valence-electron chi connectivity index (χ4n) is 9.31. The molecule has 4 nitrogen and oxygen atoms in total. The van der Waals surface area contributed by atoms with Crippen LogP contribution in [0.3, 0.4) is 0 Å². The predicted molar refractivity (Wildman–Crippen MR) is 132 cm³/mol. The van der Waals surface area contributed by atoms with Gasteiger partial charge in [0.15, 0.2) is 0 Å². The van der Waals surface area contributed by atoms with Gasteiger partial charge >= 0.3 is 0 Å². The van der Waals surface area contributed by atoms with Crippen LogP contribution in [-0.2, 0) is 4.89 Å². The molecule has 0 saturated heterocycles. The van der Waals surface area contributed by atoms with Crippen LogP contribution in [-0.4, -0.2) is 33.8 Å². The van der Waals surface area contributed by atoms with E-state index in [2.05, 4.69) is 47.6 Å². The van der Waals surface area contributed by atoms with E-state index < -0.39 is 0 Å². The Morgan fingerprint density at radius 1 is 1.06 bits per heavy atom. The van der Waals surface area contributed by atoms with Crippen molar-refractivity contribution in [3.8, 4) is 0 Å². The molecule has 0 amide bonds. The van der Waals surface area contributed by atoms with E-state index in [1.54, 1.807) is 0 Å². The standard InChI is InChI=1S/C29H50O4/c1-7-19(17(2)3)14-25(31)18(4)22-8-9-23-27-24(11-13-29(22,23)6)28(5)12-10-21(30)15-20(28)16-26(27)33-32/h16-19,21-27,30-32H,7-15H2,1-6H3. The van der Waals surface area contributed by atoms with E-state index in [9.17, 15) is 15.5 Å². The fraction of sp³-hybridized carbons (Fsp3) is 0.931. The van der Waals surface area contributed by atoms with E-state index in [0.717, 1.165) is 38.5 Å². The molecule has 3 saturated carbocycles. The maximum Gasteiger partial charge on any atom is 0.114 e. The van der Waals surface area contributed by atoms with E-state index in [1.807, 2.05) is 0 Å². The zero-order chi connectivity index (χ0) is 24.1. The van der Waals surface area contributed by atoms with Gasteiger partial charge in [0.25, 0.3) is 0 Å². The van der Waals surface area contributed by atoms with Gasteiger partial charge in [0.2, 0.25) is 0 Å². The van der Waals surface area contributed by atoms with Gasteiger partial charge in [-0.1, -0.05) is 59.6 Å². The molecule has 0 aromatic rings. The van der Waals surface area contributed by atoms with Gasteiger partial charge in [-0.2, -0.15) is 0 Å². The van der Waals surface area contributed by atoms with E-state index in [0.29, 0.717) is 41.4 Å².